The van der Waals surface area contributed by atoms with E-state index in [1.54, 1.807) is 24.3 Å². The number of hydrogen-bond donors (Lipinski definition) is 2. The van der Waals surface area contributed by atoms with E-state index in [1.165, 1.54) is 0 Å². The number of nitrogens with one attached hydrogen (secondary N) is 2. The first-order chi connectivity index (χ1) is 16.0. The molecule has 3 aliphatic rings. The van der Waals surface area contributed by atoms with Crippen LogP contribution in [0.25, 0.3) is 11.1 Å². The molecule has 0 aliphatic carbocycles. The average molecular weight is 460 g/mol. The van der Waals surface area contributed by atoms with Gasteiger partial charge in [-0.25, -0.2) is 0 Å². The zero-order valence-electron chi connectivity index (χ0n) is 18.3. The molecule has 0 radical (unpaired) electrons. The second kappa shape index (κ2) is 9.38. The Hall–Kier alpha value is -3.15. The number of carbonyl (C=O) groups is 2. The zero-order chi connectivity index (χ0) is 22.8. The fourth-order valence-electron chi connectivity index (χ4n) is 4.82. The summed E-state index contributed by atoms with van der Waals surface area (Å²) in [6.45, 7) is 3.15. The number of nitrogens with zero attached hydrogens (tertiary/aromatic N) is 1. The third-order valence-corrected chi connectivity index (χ3v) is 6.94. The van der Waals surface area contributed by atoms with Gasteiger partial charge in [-0.2, -0.15) is 0 Å². The van der Waals surface area contributed by atoms with Gasteiger partial charge in [0.25, 0.3) is 5.91 Å². The Morgan fingerprint density at radius 3 is 1.97 bits per heavy atom. The number of benzene rings is 3. The highest BCUT2D eigenvalue weighted by atomic mass is 35.5. The molecule has 3 aliphatic heterocycles. The van der Waals surface area contributed by atoms with Crippen LogP contribution in [-0.2, 0) is 4.79 Å². The largest absolute Gasteiger partial charge is 0.326 e. The Morgan fingerprint density at radius 1 is 0.818 bits per heavy atom. The van der Waals surface area contributed by atoms with Gasteiger partial charge in [-0.05, 0) is 85.4 Å². The minimum Gasteiger partial charge on any atom is -0.326 e. The van der Waals surface area contributed by atoms with Crippen LogP contribution in [0.3, 0.4) is 0 Å². The minimum atomic E-state index is -0.201. The summed E-state index contributed by atoms with van der Waals surface area (Å²) < 4.78 is 0. The Morgan fingerprint density at radius 2 is 1.42 bits per heavy atom. The Balaban J connectivity index is 1.20. The van der Waals surface area contributed by atoms with Gasteiger partial charge in [0.2, 0.25) is 5.91 Å². The molecule has 6 heteroatoms. The van der Waals surface area contributed by atoms with Crippen molar-refractivity contribution in [1.82, 2.24) is 4.90 Å². The number of rotatable bonds is 5. The molecule has 3 saturated heterocycles. The van der Waals surface area contributed by atoms with Crippen molar-refractivity contribution in [3.8, 4) is 11.1 Å². The Kier molecular flexibility index (Phi) is 6.16. The van der Waals surface area contributed by atoms with E-state index >= 15 is 0 Å². The molecule has 3 aromatic carbocycles. The average Bonchev–Trinajstić information content (AvgIpc) is 2.86. The van der Waals surface area contributed by atoms with Crippen molar-refractivity contribution in [3.05, 3.63) is 83.4 Å². The van der Waals surface area contributed by atoms with Crippen LogP contribution in [0.2, 0.25) is 5.02 Å². The summed E-state index contributed by atoms with van der Waals surface area (Å²) in [6.07, 6.45) is 2.26. The van der Waals surface area contributed by atoms with Crippen molar-refractivity contribution in [1.29, 1.82) is 0 Å². The van der Waals surface area contributed by atoms with Crippen LogP contribution in [-0.4, -0.2) is 36.3 Å². The van der Waals surface area contributed by atoms with Crippen LogP contribution in [0.4, 0.5) is 11.4 Å². The third kappa shape index (κ3) is 4.95. The van der Waals surface area contributed by atoms with E-state index in [4.69, 9.17) is 11.6 Å². The second-order valence-electron chi connectivity index (χ2n) is 8.85. The lowest BCUT2D eigenvalue weighted by molar-refractivity contribution is -0.125. The number of amides is 2. The summed E-state index contributed by atoms with van der Waals surface area (Å²) in [6, 6.07) is 22.5. The first-order valence-corrected chi connectivity index (χ1v) is 11.7. The summed E-state index contributed by atoms with van der Waals surface area (Å²) >= 11 is 5.97. The number of fused-ring (bicyclic) bond motifs is 3. The lowest BCUT2D eigenvalue weighted by Crippen LogP contribution is -2.51. The van der Waals surface area contributed by atoms with Gasteiger partial charge in [0.15, 0.2) is 0 Å². The maximum absolute atomic E-state index is 12.8. The van der Waals surface area contributed by atoms with E-state index in [-0.39, 0.29) is 17.7 Å². The van der Waals surface area contributed by atoms with E-state index in [0.717, 1.165) is 49.3 Å². The molecule has 6 rings (SSSR count). The molecular formula is C27H26ClN3O2. The van der Waals surface area contributed by atoms with Crippen molar-refractivity contribution in [2.24, 2.45) is 11.8 Å². The summed E-state index contributed by atoms with van der Waals surface area (Å²) in [5.41, 5.74) is 4.13. The van der Waals surface area contributed by atoms with Crippen LogP contribution in [0.5, 0.6) is 0 Å². The van der Waals surface area contributed by atoms with Gasteiger partial charge in [0.1, 0.15) is 0 Å². The molecule has 0 saturated carbocycles. The lowest BCUT2D eigenvalue weighted by Gasteiger charge is -2.43. The van der Waals surface area contributed by atoms with Gasteiger partial charge in [0, 0.05) is 28.5 Å². The summed E-state index contributed by atoms with van der Waals surface area (Å²) in [5.74, 6) is 0.555. The monoisotopic (exact) mass is 459 g/mol. The van der Waals surface area contributed by atoms with E-state index in [9.17, 15) is 9.59 Å². The molecule has 3 aromatic rings. The minimum absolute atomic E-state index is 0.0989. The standard InChI is InChI=1S/C27H26ClN3O2/c28-22-3-1-2-21(16-22)26(32)29-23-8-4-18(5-9-23)19-6-10-24(11-7-19)30-27(33)25-17-31-14-12-20(25)13-15-31/h1-11,16,20,25H,12-15,17H2,(H,29,32)(H,30,33)/t25-/m0/s1. The Labute approximate surface area is 198 Å². The first kappa shape index (κ1) is 21.7. The predicted octanol–water partition coefficient (Wildman–Crippen LogP) is 5.54. The van der Waals surface area contributed by atoms with Crippen molar-refractivity contribution in [3.63, 3.8) is 0 Å². The molecule has 2 N–H and O–H groups in total. The van der Waals surface area contributed by atoms with E-state index in [2.05, 4.69) is 15.5 Å². The molecule has 0 spiro atoms. The SMILES string of the molecule is O=C(Nc1ccc(-c2ccc(NC(=O)[C@H]3CN4CCC3CC4)cc2)cc1)c1cccc(Cl)c1. The lowest BCUT2D eigenvalue weighted by atomic mass is 9.78. The van der Waals surface area contributed by atoms with Crippen molar-refractivity contribution in [2.45, 2.75) is 12.8 Å². The predicted molar refractivity (Wildman–Crippen MR) is 133 cm³/mol. The highest BCUT2D eigenvalue weighted by molar-refractivity contribution is 6.31. The molecule has 0 aromatic heterocycles. The fraction of sp³-hybridized carbons (Fsp3) is 0.259. The van der Waals surface area contributed by atoms with E-state index < -0.39 is 0 Å². The summed E-state index contributed by atoms with van der Waals surface area (Å²) in [7, 11) is 0. The first-order valence-electron chi connectivity index (χ1n) is 11.4. The van der Waals surface area contributed by atoms with Crippen molar-refractivity contribution < 1.29 is 9.59 Å². The molecule has 2 bridgehead atoms. The van der Waals surface area contributed by atoms with Gasteiger partial charge in [-0.15, -0.1) is 0 Å². The quantitative estimate of drug-likeness (QED) is 0.526. The molecule has 2 amide bonds. The van der Waals surface area contributed by atoms with Crippen LogP contribution in [0, 0.1) is 11.8 Å². The number of anilines is 2. The highest BCUT2D eigenvalue weighted by Crippen LogP contribution is 2.33. The van der Waals surface area contributed by atoms with Crippen LogP contribution in [0.1, 0.15) is 23.2 Å². The number of halogens is 1. The molecule has 3 heterocycles. The van der Waals surface area contributed by atoms with Gasteiger partial charge in [-0.3, -0.25) is 9.59 Å². The van der Waals surface area contributed by atoms with Crippen LogP contribution >= 0.6 is 11.6 Å². The molecule has 5 nitrogen and oxygen atoms in total. The van der Waals surface area contributed by atoms with E-state index in [0.29, 0.717) is 22.2 Å². The topological polar surface area (TPSA) is 61.4 Å². The molecule has 33 heavy (non-hydrogen) atoms. The van der Waals surface area contributed by atoms with Gasteiger partial charge in [-0.1, -0.05) is 41.9 Å². The van der Waals surface area contributed by atoms with Crippen molar-refractivity contribution in [2.75, 3.05) is 30.3 Å². The molecule has 1 atom stereocenters. The molecule has 0 unspecified atom stereocenters. The second-order valence-corrected chi connectivity index (χ2v) is 9.29. The number of carbonyl (C=O) groups excluding carboxylic acids is 2. The summed E-state index contributed by atoms with van der Waals surface area (Å²) in [4.78, 5) is 27.6. The van der Waals surface area contributed by atoms with Crippen molar-refractivity contribution >= 4 is 34.8 Å². The molecule has 3 fully saturated rings. The Bertz CT molecular complexity index is 1150. The number of hydrogen-bond acceptors (Lipinski definition) is 3. The summed E-state index contributed by atoms with van der Waals surface area (Å²) in [5, 5.41) is 6.52. The molecule has 168 valence electrons. The normalized spacial score (nSPS) is 21.4. The van der Waals surface area contributed by atoms with Crippen LogP contribution in [0.15, 0.2) is 72.8 Å². The maximum Gasteiger partial charge on any atom is 0.255 e. The number of piperidine rings is 3. The van der Waals surface area contributed by atoms with Gasteiger partial charge >= 0.3 is 0 Å². The van der Waals surface area contributed by atoms with Gasteiger partial charge in [0.05, 0.1) is 5.92 Å². The molecular weight excluding hydrogens is 434 g/mol. The smallest absolute Gasteiger partial charge is 0.255 e. The highest BCUT2D eigenvalue weighted by Gasteiger charge is 2.38. The maximum atomic E-state index is 12.8. The van der Waals surface area contributed by atoms with Crippen LogP contribution < -0.4 is 10.6 Å². The van der Waals surface area contributed by atoms with E-state index in [1.807, 2.05) is 48.5 Å². The van der Waals surface area contributed by atoms with Gasteiger partial charge < -0.3 is 15.5 Å². The fourth-order valence-corrected chi connectivity index (χ4v) is 5.01. The third-order valence-electron chi connectivity index (χ3n) is 6.71. The zero-order valence-corrected chi connectivity index (χ0v) is 19.0.